The molecule has 2 rings (SSSR count). The molecule has 0 unspecified atom stereocenters. The van der Waals surface area contributed by atoms with E-state index >= 15 is 0 Å². The fourth-order valence-corrected chi connectivity index (χ4v) is 2.73. The first-order valence-corrected chi connectivity index (χ1v) is 7.28. The molecule has 0 saturated carbocycles. The van der Waals surface area contributed by atoms with Crippen molar-refractivity contribution in [2.24, 2.45) is 0 Å². The lowest BCUT2D eigenvalue weighted by atomic mass is 10.1. The van der Waals surface area contributed by atoms with Gasteiger partial charge < -0.3 is 15.8 Å². The number of carbonyl (C=O) groups excluding carboxylic acids is 1. The predicted molar refractivity (Wildman–Crippen MR) is 82.2 cm³/mol. The van der Waals surface area contributed by atoms with Crippen molar-refractivity contribution in [3.63, 3.8) is 0 Å². The van der Waals surface area contributed by atoms with Gasteiger partial charge in [0.25, 0.3) is 5.91 Å². The zero-order valence-electron chi connectivity index (χ0n) is 11.6. The lowest BCUT2D eigenvalue weighted by Crippen LogP contribution is -2.24. The maximum absolute atomic E-state index is 12.3. The summed E-state index contributed by atoms with van der Waals surface area (Å²) in [5, 5.41) is 2.88. The standard InChI is InChI=1S/C15H18N2O2S/c1-3-19-13-6-4-5-12(16)14(13)15(18)17-9-11-8-7-10(2)20-11/h4-8H,3,9,16H2,1-2H3,(H,17,18). The van der Waals surface area contributed by atoms with E-state index in [-0.39, 0.29) is 5.91 Å². The van der Waals surface area contributed by atoms with Gasteiger partial charge in [0, 0.05) is 15.4 Å². The van der Waals surface area contributed by atoms with E-state index in [1.54, 1.807) is 29.5 Å². The van der Waals surface area contributed by atoms with Crippen LogP contribution in [0.1, 0.15) is 27.0 Å². The van der Waals surface area contributed by atoms with E-state index in [0.717, 1.165) is 4.88 Å². The molecule has 0 aliphatic carbocycles. The van der Waals surface area contributed by atoms with Crippen molar-refractivity contribution in [1.82, 2.24) is 5.32 Å². The van der Waals surface area contributed by atoms with Crippen molar-refractivity contribution in [1.29, 1.82) is 0 Å². The fraction of sp³-hybridized carbons (Fsp3) is 0.267. The van der Waals surface area contributed by atoms with E-state index in [0.29, 0.717) is 30.2 Å². The molecule has 1 aromatic carbocycles. The monoisotopic (exact) mass is 290 g/mol. The summed E-state index contributed by atoms with van der Waals surface area (Å²) in [5.41, 5.74) is 6.72. The molecule has 1 amide bonds. The smallest absolute Gasteiger partial charge is 0.257 e. The predicted octanol–water partition coefficient (Wildman–Crippen LogP) is 2.97. The number of carbonyl (C=O) groups is 1. The Bertz CT molecular complexity index is 608. The molecule has 0 bridgehead atoms. The van der Waals surface area contributed by atoms with E-state index in [1.807, 2.05) is 26.0 Å². The Kier molecular flexibility index (Phi) is 4.63. The first-order chi connectivity index (χ1) is 9.61. The van der Waals surface area contributed by atoms with Crippen LogP contribution in [-0.4, -0.2) is 12.5 Å². The zero-order valence-corrected chi connectivity index (χ0v) is 12.4. The minimum atomic E-state index is -0.211. The average Bonchev–Trinajstić information content (AvgIpc) is 2.82. The highest BCUT2D eigenvalue weighted by atomic mass is 32.1. The van der Waals surface area contributed by atoms with E-state index < -0.39 is 0 Å². The van der Waals surface area contributed by atoms with Gasteiger partial charge >= 0.3 is 0 Å². The Morgan fingerprint density at radius 2 is 2.15 bits per heavy atom. The van der Waals surface area contributed by atoms with Crippen molar-refractivity contribution >= 4 is 22.9 Å². The number of nitrogens with two attached hydrogens (primary N) is 1. The van der Waals surface area contributed by atoms with Crippen molar-refractivity contribution in [2.45, 2.75) is 20.4 Å². The lowest BCUT2D eigenvalue weighted by molar-refractivity contribution is 0.0948. The molecule has 0 atom stereocenters. The van der Waals surface area contributed by atoms with Crippen LogP contribution >= 0.6 is 11.3 Å². The number of hydrogen-bond donors (Lipinski definition) is 2. The first kappa shape index (κ1) is 14.4. The van der Waals surface area contributed by atoms with E-state index in [9.17, 15) is 4.79 Å². The van der Waals surface area contributed by atoms with Crippen molar-refractivity contribution in [3.05, 3.63) is 45.6 Å². The summed E-state index contributed by atoms with van der Waals surface area (Å²) in [6, 6.07) is 9.28. The van der Waals surface area contributed by atoms with Gasteiger partial charge in [-0.25, -0.2) is 0 Å². The van der Waals surface area contributed by atoms with Crippen LogP contribution in [0.25, 0.3) is 0 Å². The van der Waals surface area contributed by atoms with Crippen LogP contribution in [0.4, 0.5) is 5.69 Å². The highest BCUT2D eigenvalue weighted by molar-refractivity contribution is 7.11. The second-order valence-corrected chi connectivity index (χ2v) is 5.72. The molecule has 0 spiro atoms. The van der Waals surface area contributed by atoms with Gasteiger partial charge in [-0.1, -0.05) is 6.07 Å². The SMILES string of the molecule is CCOc1cccc(N)c1C(=O)NCc1ccc(C)s1. The Morgan fingerprint density at radius 1 is 1.35 bits per heavy atom. The molecule has 0 saturated heterocycles. The van der Waals surface area contributed by atoms with Gasteiger partial charge in [-0.05, 0) is 38.1 Å². The summed E-state index contributed by atoms with van der Waals surface area (Å²) in [5.74, 6) is 0.310. The van der Waals surface area contributed by atoms with Gasteiger partial charge in [-0.2, -0.15) is 0 Å². The third-order valence-electron chi connectivity index (χ3n) is 2.80. The summed E-state index contributed by atoms with van der Waals surface area (Å²) in [4.78, 5) is 14.6. The van der Waals surface area contributed by atoms with Crippen molar-refractivity contribution in [3.8, 4) is 5.75 Å². The molecule has 1 heterocycles. The molecular weight excluding hydrogens is 272 g/mol. The Morgan fingerprint density at radius 3 is 2.80 bits per heavy atom. The quantitative estimate of drug-likeness (QED) is 0.832. The van der Waals surface area contributed by atoms with Crippen LogP contribution in [0.3, 0.4) is 0 Å². The van der Waals surface area contributed by atoms with E-state index in [2.05, 4.69) is 5.32 Å². The van der Waals surface area contributed by atoms with Crippen LogP contribution in [0, 0.1) is 6.92 Å². The van der Waals surface area contributed by atoms with Crippen LogP contribution in [0.2, 0.25) is 0 Å². The topological polar surface area (TPSA) is 64.3 Å². The number of nitrogen functional groups attached to an aromatic ring is 1. The van der Waals surface area contributed by atoms with Crippen LogP contribution in [-0.2, 0) is 6.54 Å². The highest BCUT2D eigenvalue weighted by Crippen LogP contribution is 2.24. The molecule has 2 aromatic rings. The summed E-state index contributed by atoms with van der Waals surface area (Å²) in [7, 11) is 0. The number of amides is 1. The van der Waals surface area contributed by atoms with Crippen LogP contribution in [0.5, 0.6) is 5.75 Å². The molecule has 3 N–H and O–H groups in total. The second-order valence-electron chi connectivity index (χ2n) is 4.35. The molecular formula is C15H18N2O2S. The Hall–Kier alpha value is -2.01. The molecule has 1 aromatic heterocycles. The zero-order chi connectivity index (χ0) is 14.5. The second kappa shape index (κ2) is 6.43. The van der Waals surface area contributed by atoms with Crippen molar-refractivity contribution < 1.29 is 9.53 Å². The molecule has 5 heteroatoms. The minimum Gasteiger partial charge on any atom is -0.493 e. The maximum Gasteiger partial charge on any atom is 0.257 e. The number of ether oxygens (including phenoxy) is 1. The average molecular weight is 290 g/mol. The van der Waals surface area contributed by atoms with Crippen LogP contribution < -0.4 is 15.8 Å². The highest BCUT2D eigenvalue weighted by Gasteiger charge is 2.15. The number of nitrogens with one attached hydrogen (secondary N) is 1. The van der Waals surface area contributed by atoms with Gasteiger partial charge in [0.2, 0.25) is 0 Å². The summed E-state index contributed by atoms with van der Waals surface area (Å²) in [6.07, 6.45) is 0. The normalized spacial score (nSPS) is 10.3. The summed E-state index contributed by atoms with van der Waals surface area (Å²) >= 11 is 1.67. The number of aryl methyl sites for hydroxylation is 1. The number of anilines is 1. The first-order valence-electron chi connectivity index (χ1n) is 6.46. The molecule has 0 radical (unpaired) electrons. The number of thiophene rings is 1. The number of hydrogen-bond acceptors (Lipinski definition) is 4. The molecule has 20 heavy (non-hydrogen) atoms. The number of benzene rings is 1. The maximum atomic E-state index is 12.3. The molecule has 0 aliphatic heterocycles. The largest absolute Gasteiger partial charge is 0.493 e. The van der Waals surface area contributed by atoms with Gasteiger partial charge in [0.1, 0.15) is 11.3 Å². The molecule has 106 valence electrons. The minimum absolute atomic E-state index is 0.211. The number of rotatable bonds is 5. The Balaban J connectivity index is 2.12. The van der Waals surface area contributed by atoms with E-state index in [4.69, 9.17) is 10.5 Å². The third kappa shape index (κ3) is 3.30. The lowest BCUT2D eigenvalue weighted by Gasteiger charge is -2.12. The van der Waals surface area contributed by atoms with Crippen LogP contribution in [0.15, 0.2) is 30.3 Å². The molecule has 0 fully saturated rings. The Labute approximate surface area is 122 Å². The van der Waals surface area contributed by atoms with Gasteiger partial charge in [-0.15, -0.1) is 11.3 Å². The summed E-state index contributed by atoms with van der Waals surface area (Å²) < 4.78 is 5.46. The van der Waals surface area contributed by atoms with Gasteiger partial charge in [0.15, 0.2) is 0 Å². The van der Waals surface area contributed by atoms with E-state index in [1.165, 1.54) is 4.88 Å². The fourth-order valence-electron chi connectivity index (χ4n) is 1.90. The summed E-state index contributed by atoms with van der Waals surface area (Å²) in [6.45, 7) is 4.91. The van der Waals surface area contributed by atoms with Gasteiger partial charge in [-0.3, -0.25) is 4.79 Å². The van der Waals surface area contributed by atoms with Crippen molar-refractivity contribution in [2.75, 3.05) is 12.3 Å². The third-order valence-corrected chi connectivity index (χ3v) is 3.81. The molecule has 4 nitrogen and oxygen atoms in total. The molecule has 0 aliphatic rings. The van der Waals surface area contributed by atoms with Gasteiger partial charge in [0.05, 0.1) is 13.2 Å².